The number of hydrogen-bond donors (Lipinski definition) is 2. The van der Waals surface area contributed by atoms with Crippen molar-refractivity contribution >= 4 is 15.9 Å². The maximum atomic E-state index is 12.7. The second kappa shape index (κ2) is 5.32. The van der Waals surface area contributed by atoms with Gasteiger partial charge in [-0.25, -0.2) is 12.8 Å². The fraction of sp³-hybridized carbons (Fsp3) is 0.300. The molecule has 1 aromatic rings. The van der Waals surface area contributed by atoms with Gasteiger partial charge in [0.2, 0.25) is 10.0 Å². The van der Waals surface area contributed by atoms with E-state index in [1.807, 2.05) is 0 Å². The van der Waals surface area contributed by atoms with Crippen molar-refractivity contribution in [2.45, 2.75) is 17.9 Å². The summed E-state index contributed by atoms with van der Waals surface area (Å²) in [7, 11) is -2.52. The molecule has 0 fully saturated rings. The monoisotopic (exact) mass is 275 g/mol. The van der Waals surface area contributed by atoms with Crippen LogP contribution in [0.1, 0.15) is 6.92 Å². The maximum absolute atomic E-state index is 12.7. The molecule has 1 unspecified atom stereocenters. The Labute approximate surface area is 105 Å². The number of oxime groups is 1. The van der Waals surface area contributed by atoms with Crippen LogP contribution in [0.25, 0.3) is 0 Å². The van der Waals surface area contributed by atoms with Crippen LogP contribution in [0.2, 0.25) is 0 Å². The summed E-state index contributed by atoms with van der Waals surface area (Å²) in [6, 6.07) is 3.59. The van der Waals surface area contributed by atoms with Gasteiger partial charge in [0.25, 0.3) is 0 Å². The average Bonchev–Trinajstić information content (AvgIpc) is 2.36. The van der Waals surface area contributed by atoms with E-state index in [1.54, 1.807) is 0 Å². The molecule has 0 spiro atoms. The van der Waals surface area contributed by atoms with E-state index in [9.17, 15) is 12.8 Å². The Morgan fingerprint density at radius 3 is 2.39 bits per heavy atom. The van der Waals surface area contributed by atoms with Crippen molar-refractivity contribution < 1.29 is 18.0 Å². The van der Waals surface area contributed by atoms with Gasteiger partial charge in [0.05, 0.1) is 10.9 Å². The van der Waals surface area contributed by atoms with E-state index in [-0.39, 0.29) is 10.7 Å². The Kier molecular flexibility index (Phi) is 4.25. The Morgan fingerprint density at radius 2 is 1.94 bits per heavy atom. The lowest BCUT2D eigenvalue weighted by atomic mass is 10.3. The molecule has 0 aliphatic carbocycles. The largest absolute Gasteiger partial charge is 0.409 e. The highest BCUT2D eigenvalue weighted by molar-refractivity contribution is 7.89. The third kappa shape index (κ3) is 2.77. The van der Waals surface area contributed by atoms with Gasteiger partial charge in [0.15, 0.2) is 5.84 Å². The molecule has 3 N–H and O–H groups in total. The number of nitrogens with zero attached hydrogens (tertiary/aromatic N) is 2. The summed E-state index contributed by atoms with van der Waals surface area (Å²) in [4.78, 5) is -0.0658. The normalized spacial score (nSPS) is 14.8. The smallest absolute Gasteiger partial charge is 0.243 e. The van der Waals surface area contributed by atoms with E-state index in [2.05, 4.69) is 5.16 Å². The van der Waals surface area contributed by atoms with Crippen molar-refractivity contribution in [3.05, 3.63) is 30.1 Å². The van der Waals surface area contributed by atoms with Gasteiger partial charge in [0.1, 0.15) is 5.82 Å². The Balaban J connectivity index is 3.11. The van der Waals surface area contributed by atoms with Crippen LogP contribution in [0.4, 0.5) is 4.39 Å². The lowest BCUT2D eigenvalue weighted by Gasteiger charge is -2.23. The molecule has 0 saturated heterocycles. The Morgan fingerprint density at radius 1 is 1.44 bits per heavy atom. The number of halogens is 1. The lowest BCUT2D eigenvalue weighted by Crippen LogP contribution is -2.43. The van der Waals surface area contributed by atoms with Crippen LogP contribution in [0, 0.1) is 5.82 Å². The highest BCUT2D eigenvalue weighted by Gasteiger charge is 2.27. The highest BCUT2D eigenvalue weighted by atomic mass is 32.2. The summed E-state index contributed by atoms with van der Waals surface area (Å²) in [5, 5.41) is 11.3. The summed E-state index contributed by atoms with van der Waals surface area (Å²) in [5.74, 6) is -0.760. The van der Waals surface area contributed by atoms with E-state index < -0.39 is 21.9 Å². The Hall–Kier alpha value is -1.67. The minimum atomic E-state index is -3.82. The molecule has 100 valence electrons. The first-order valence-corrected chi connectivity index (χ1v) is 6.45. The molecule has 0 aliphatic rings. The van der Waals surface area contributed by atoms with Gasteiger partial charge in [-0.1, -0.05) is 5.16 Å². The van der Waals surface area contributed by atoms with Crippen LogP contribution < -0.4 is 5.73 Å². The molecule has 1 aromatic carbocycles. The topological polar surface area (TPSA) is 96.0 Å². The minimum Gasteiger partial charge on any atom is -0.409 e. The molecule has 0 aliphatic heterocycles. The van der Waals surface area contributed by atoms with Gasteiger partial charge >= 0.3 is 0 Å². The second-order valence-electron chi connectivity index (χ2n) is 3.68. The van der Waals surface area contributed by atoms with Crippen molar-refractivity contribution in [3.8, 4) is 0 Å². The van der Waals surface area contributed by atoms with Gasteiger partial charge in [0, 0.05) is 7.05 Å². The predicted molar refractivity (Wildman–Crippen MR) is 64.2 cm³/mol. The van der Waals surface area contributed by atoms with Crippen LogP contribution >= 0.6 is 0 Å². The molecule has 0 bridgehead atoms. The molecular formula is C10H14FN3O3S. The number of amidine groups is 1. The molecule has 0 heterocycles. The molecule has 18 heavy (non-hydrogen) atoms. The highest BCUT2D eigenvalue weighted by Crippen LogP contribution is 2.16. The molecule has 1 atom stereocenters. The van der Waals surface area contributed by atoms with E-state index in [4.69, 9.17) is 10.9 Å². The minimum absolute atomic E-state index is 0.0658. The first-order valence-electron chi connectivity index (χ1n) is 5.01. The van der Waals surface area contributed by atoms with Crippen LogP contribution in [0.15, 0.2) is 34.3 Å². The number of nitrogens with two attached hydrogens (primary N) is 1. The molecule has 0 amide bonds. The van der Waals surface area contributed by atoms with Crippen molar-refractivity contribution in [2.75, 3.05) is 7.05 Å². The molecular weight excluding hydrogens is 261 g/mol. The van der Waals surface area contributed by atoms with E-state index >= 15 is 0 Å². The SMILES string of the molecule is CC(C(N)=NO)N(C)S(=O)(=O)c1ccc(F)cc1. The van der Waals surface area contributed by atoms with Crippen molar-refractivity contribution in [1.29, 1.82) is 0 Å². The first kappa shape index (κ1) is 14.4. The summed E-state index contributed by atoms with van der Waals surface area (Å²) in [6.45, 7) is 1.47. The van der Waals surface area contributed by atoms with Gasteiger partial charge in [-0.3, -0.25) is 0 Å². The average molecular weight is 275 g/mol. The van der Waals surface area contributed by atoms with Crippen molar-refractivity contribution in [3.63, 3.8) is 0 Å². The zero-order chi connectivity index (χ0) is 13.9. The quantitative estimate of drug-likeness (QED) is 0.363. The lowest BCUT2D eigenvalue weighted by molar-refractivity contribution is 0.311. The maximum Gasteiger partial charge on any atom is 0.243 e. The van der Waals surface area contributed by atoms with Gasteiger partial charge < -0.3 is 10.9 Å². The van der Waals surface area contributed by atoms with Gasteiger partial charge in [-0.15, -0.1) is 0 Å². The predicted octanol–water partition coefficient (Wildman–Crippen LogP) is 0.581. The zero-order valence-corrected chi connectivity index (χ0v) is 10.7. The number of likely N-dealkylation sites (N-methyl/N-ethyl adjacent to an activating group) is 1. The molecule has 6 nitrogen and oxygen atoms in total. The van der Waals surface area contributed by atoms with Gasteiger partial charge in [-0.2, -0.15) is 4.31 Å². The standard InChI is InChI=1S/C10H14FN3O3S/c1-7(10(12)13-15)14(2)18(16,17)9-5-3-8(11)4-6-9/h3-7,15H,1-2H3,(H2,12,13). The van der Waals surface area contributed by atoms with Crippen LogP contribution in [0.3, 0.4) is 0 Å². The summed E-state index contributed by atoms with van der Waals surface area (Å²) in [5.41, 5.74) is 5.35. The van der Waals surface area contributed by atoms with Crippen LogP contribution in [0.5, 0.6) is 0 Å². The van der Waals surface area contributed by atoms with Crippen molar-refractivity contribution in [1.82, 2.24) is 4.31 Å². The fourth-order valence-electron chi connectivity index (χ4n) is 1.25. The number of benzene rings is 1. The summed E-state index contributed by atoms with van der Waals surface area (Å²) in [6.07, 6.45) is 0. The van der Waals surface area contributed by atoms with E-state index in [0.717, 1.165) is 28.6 Å². The summed E-state index contributed by atoms with van der Waals surface area (Å²) >= 11 is 0. The van der Waals surface area contributed by atoms with E-state index in [1.165, 1.54) is 14.0 Å². The first-order chi connectivity index (χ1) is 8.30. The van der Waals surface area contributed by atoms with E-state index in [0.29, 0.717) is 0 Å². The summed E-state index contributed by atoms with van der Waals surface area (Å²) < 4.78 is 37.9. The molecule has 1 rings (SSSR count). The molecule has 0 radical (unpaired) electrons. The zero-order valence-electron chi connectivity index (χ0n) is 9.91. The van der Waals surface area contributed by atoms with Gasteiger partial charge in [-0.05, 0) is 31.2 Å². The third-order valence-corrected chi connectivity index (χ3v) is 4.52. The second-order valence-corrected chi connectivity index (χ2v) is 5.67. The molecule has 8 heteroatoms. The molecule has 0 saturated carbocycles. The Bertz CT molecular complexity index is 542. The third-order valence-electron chi connectivity index (χ3n) is 2.58. The number of rotatable bonds is 4. The fourth-order valence-corrected chi connectivity index (χ4v) is 2.59. The number of sulfonamides is 1. The van der Waals surface area contributed by atoms with Crippen LogP contribution in [-0.4, -0.2) is 36.9 Å². The molecule has 0 aromatic heterocycles. The van der Waals surface area contributed by atoms with Crippen LogP contribution in [-0.2, 0) is 10.0 Å². The number of hydrogen-bond acceptors (Lipinski definition) is 4. The van der Waals surface area contributed by atoms with Crippen molar-refractivity contribution in [2.24, 2.45) is 10.9 Å².